The Hall–Kier alpha value is -3.61. The summed E-state index contributed by atoms with van der Waals surface area (Å²) in [6.07, 6.45) is 2.30. The van der Waals surface area contributed by atoms with Crippen LogP contribution in [0.5, 0.6) is 5.75 Å². The van der Waals surface area contributed by atoms with Crippen LogP contribution in [0.1, 0.15) is 15.9 Å². The molecule has 0 atom stereocenters. The van der Waals surface area contributed by atoms with Gasteiger partial charge in [0.15, 0.2) is 0 Å². The fraction of sp³-hybridized carbons (Fsp3) is 0.190. The van der Waals surface area contributed by atoms with Crippen molar-refractivity contribution in [3.05, 3.63) is 72.1 Å². The molecule has 0 amide bonds. The van der Waals surface area contributed by atoms with Gasteiger partial charge in [0.1, 0.15) is 23.7 Å². The van der Waals surface area contributed by atoms with Crippen molar-refractivity contribution in [2.24, 2.45) is 0 Å². The molecule has 3 aromatic rings. The molecule has 2 aromatic carbocycles. The van der Waals surface area contributed by atoms with Crippen molar-refractivity contribution in [1.29, 1.82) is 0 Å². The van der Waals surface area contributed by atoms with E-state index in [1.807, 2.05) is 24.3 Å². The zero-order valence-corrected chi connectivity index (χ0v) is 15.8. The van der Waals surface area contributed by atoms with E-state index in [0.717, 1.165) is 12.2 Å². The summed E-state index contributed by atoms with van der Waals surface area (Å²) in [5, 5.41) is 6.42. The third-order valence-corrected chi connectivity index (χ3v) is 4.12. The lowest BCUT2D eigenvalue weighted by atomic mass is 10.1. The number of benzene rings is 2. The first-order valence-electron chi connectivity index (χ1n) is 8.83. The van der Waals surface area contributed by atoms with E-state index in [2.05, 4.69) is 26.7 Å². The predicted octanol–water partition coefficient (Wildman–Crippen LogP) is 3.67. The Morgan fingerprint density at radius 1 is 1.00 bits per heavy atom. The maximum atomic E-state index is 11.9. The molecule has 0 aliphatic carbocycles. The number of esters is 1. The fourth-order valence-electron chi connectivity index (χ4n) is 2.70. The fourth-order valence-corrected chi connectivity index (χ4v) is 2.70. The number of para-hydroxylation sites is 1. The number of anilines is 3. The monoisotopic (exact) mass is 378 g/mol. The Bertz CT molecular complexity index is 946. The molecule has 0 saturated heterocycles. The van der Waals surface area contributed by atoms with Crippen LogP contribution in [0, 0.1) is 0 Å². The number of carbonyl (C=O) groups is 1. The van der Waals surface area contributed by atoms with Crippen LogP contribution in [0.4, 0.5) is 17.3 Å². The highest BCUT2D eigenvalue weighted by atomic mass is 16.5. The van der Waals surface area contributed by atoms with E-state index in [4.69, 9.17) is 9.47 Å². The molecule has 3 rings (SSSR count). The summed E-state index contributed by atoms with van der Waals surface area (Å²) in [7, 11) is 3.01. The Morgan fingerprint density at radius 3 is 2.64 bits per heavy atom. The van der Waals surface area contributed by atoms with E-state index in [9.17, 15) is 4.79 Å². The molecule has 0 aliphatic rings. The van der Waals surface area contributed by atoms with E-state index in [-0.39, 0.29) is 0 Å². The lowest BCUT2D eigenvalue weighted by Gasteiger charge is -2.11. The van der Waals surface area contributed by atoms with E-state index < -0.39 is 5.97 Å². The third kappa shape index (κ3) is 4.97. The molecular formula is C21H22N4O3. The minimum absolute atomic E-state index is 0.409. The average Bonchev–Trinajstić information content (AvgIpc) is 2.74. The molecule has 0 unspecified atom stereocenters. The summed E-state index contributed by atoms with van der Waals surface area (Å²) in [6, 6.07) is 16.9. The van der Waals surface area contributed by atoms with Crippen LogP contribution in [0.25, 0.3) is 0 Å². The molecule has 0 bridgehead atoms. The van der Waals surface area contributed by atoms with Gasteiger partial charge in [-0.05, 0) is 36.2 Å². The second-order valence-electron chi connectivity index (χ2n) is 5.98. The zero-order chi connectivity index (χ0) is 19.8. The van der Waals surface area contributed by atoms with Crippen LogP contribution < -0.4 is 15.4 Å². The van der Waals surface area contributed by atoms with Crippen molar-refractivity contribution in [1.82, 2.24) is 9.97 Å². The second kappa shape index (κ2) is 9.36. The quantitative estimate of drug-likeness (QED) is 0.579. The predicted molar refractivity (Wildman–Crippen MR) is 108 cm³/mol. The molecule has 28 heavy (non-hydrogen) atoms. The molecule has 0 saturated carbocycles. The number of methoxy groups -OCH3 is 2. The Morgan fingerprint density at radius 2 is 1.82 bits per heavy atom. The molecule has 0 fully saturated rings. The molecular weight excluding hydrogens is 356 g/mol. The molecule has 1 heterocycles. The number of hydrogen-bond acceptors (Lipinski definition) is 7. The van der Waals surface area contributed by atoms with Crippen LogP contribution in [0.2, 0.25) is 0 Å². The van der Waals surface area contributed by atoms with Crippen molar-refractivity contribution in [3.8, 4) is 5.75 Å². The summed E-state index contributed by atoms with van der Waals surface area (Å²) < 4.78 is 10.1. The number of aromatic nitrogens is 2. The van der Waals surface area contributed by atoms with Gasteiger partial charge < -0.3 is 20.1 Å². The molecule has 0 aliphatic heterocycles. The van der Waals surface area contributed by atoms with Gasteiger partial charge in [0.2, 0.25) is 0 Å². The van der Waals surface area contributed by atoms with Crippen LogP contribution in [-0.2, 0) is 11.2 Å². The van der Waals surface area contributed by atoms with Gasteiger partial charge in [-0.25, -0.2) is 14.8 Å². The Kier molecular flexibility index (Phi) is 6.41. The Balaban J connectivity index is 1.64. The van der Waals surface area contributed by atoms with Gasteiger partial charge in [0.05, 0.1) is 25.5 Å². The van der Waals surface area contributed by atoms with E-state index in [0.29, 0.717) is 29.4 Å². The van der Waals surface area contributed by atoms with Gasteiger partial charge in [0.25, 0.3) is 0 Å². The number of ether oxygens (including phenoxy) is 2. The largest absolute Gasteiger partial charge is 0.497 e. The minimum atomic E-state index is -0.409. The molecule has 7 heteroatoms. The molecule has 0 radical (unpaired) electrons. The van der Waals surface area contributed by atoms with Crippen LogP contribution in [-0.4, -0.2) is 36.7 Å². The molecule has 2 N–H and O–H groups in total. The lowest BCUT2D eigenvalue weighted by Crippen LogP contribution is -2.08. The van der Waals surface area contributed by atoms with Crippen molar-refractivity contribution >= 4 is 23.3 Å². The molecule has 0 spiro atoms. The first-order valence-corrected chi connectivity index (χ1v) is 8.83. The minimum Gasteiger partial charge on any atom is -0.497 e. The number of nitrogens with zero attached hydrogens (tertiary/aromatic N) is 2. The lowest BCUT2D eigenvalue weighted by molar-refractivity contribution is 0.0602. The van der Waals surface area contributed by atoms with Crippen molar-refractivity contribution in [3.63, 3.8) is 0 Å². The zero-order valence-electron chi connectivity index (χ0n) is 15.8. The average molecular weight is 378 g/mol. The molecule has 144 valence electrons. The van der Waals surface area contributed by atoms with E-state index >= 15 is 0 Å². The van der Waals surface area contributed by atoms with Gasteiger partial charge in [-0.15, -0.1) is 0 Å². The topological polar surface area (TPSA) is 85.4 Å². The van der Waals surface area contributed by atoms with Crippen molar-refractivity contribution in [2.45, 2.75) is 6.42 Å². The smallest absolute Gasteiger partial charge is 0.339 e. The van der Waals surface area contributed by atoms with Crippen LogP contribution in [0.3, 0.4) is 0 Å². The summed E-state index contributed by atoms with van der Waals surface area (Å²) in [4.78, 5) is 20.4. The van der Waals surface area contributed by atoms with Gasteiger partial charge in [0, 0.05) is 12.6 Å². The summed E-state index contributed by atoms with van der Waals surface area (Å²) in [5.41, 5.74) is 2.23. The highest BCUT2D eigenvalue weighted by Crippen LogP contribution is 2.21. The summed E-state index contributed by atoms with van der Waals surface area (Å²) in [6.45, 7) is 0.711. The van der Waals surface area contributed by atoms with Crippen molar-refractivity contribution < 1.29 is 14.3 Å². The van der Waals surface area contributed by atoms with Gasteiger partial charge in [-0.2, -0.15) is 0 Å². The van der Waals surface area contributed by atoms with E-state index in [1.165, 1.54) is 19.0 Å². The standard InChI is InChI=1S/C21H22N4O3/c1-27-16-7-5-6-15(12-16)10-11-22-19-13-20(24-14-23-19)25-18-9-4-3-8-17(18)21(26)28-2/h3-9,12-14H,10-11H2,1-2H3,(H2,22,23,24,25). The van der Waals surface area contributed by atoms with E-state index in [1.54, 1.807) is 31.4 Å². The number of nitrogens with one attached hydrogen (secondary N) is 2. The number of carbonyl (C=O) groups excluding carboxylic acids is 1. The first kappa shape index (κ1) is 19.2. The van der Waals surface area contributed by atoms with Crippen molar-refractivity contribution in [2.75, 3.05) is 31.4 Å². The summed E-state index contributed by atoms with van der Waals surface area (Å²) in [5.74, 6) is 1.70. The number of hydrogen-bond donors (Lipinski definition) is 2. The number of rotatable bonds is 8. The Labute approximate surface area is 163 Å². The van der Waals surface area contributed by atoms with Gasteiger partial charge >= 0.3 is 5.97 Å². The highest BCUT2D eigenvalue weighted by Gasteiger charge is 2.11. The maximum Gasteiger partial charge on any atom is 0.339 e. The molecule has 1 aromatic heterocycles. The SMILES string of the molecule is COC(=O)c1ccccc1Nc1cc(NCCc2cccc(OC)c2)ncn1. The maximum absolute atomic E-state index is 11.9. The first-order chi connectivity index (χ1) is 13.7. The van der Waals surface area contributed by atoms with Gasteiger partial charge in [-0.3, -0.25) is 0 Å². The molecule has 7 nitrogen and oxygen atoms in total. The normalized spacial score (nSPS) is 10.2. The third-order valence-electron chi connectivity index (χ3n) is 4.12. The van der Waals surface area contributed by atoms with Crippen LogP contribution in [0.15, 0.2) is 60.9 Å². The summed E-state index contributed by atoms with van der Waals surface area (Å²) >= 11 is 0. The highest BCUT2D eigenvalue weighted by molar-refractivity contribution is 5.96. The van der Waals surface area contributed by atoms with Gasteiger partial charge in [-0.1, -0.05) is 24.3 Å². The van der Waals surface area contributed by atoms with Crippen LogP contribution >= 0.6 is 0 Å². The second-order valence-corrected chi connectivity index (χ2v) is 5.98.